The van der Waals surface area contributed by atoms with Gasteiger partial charge in [-0.1, -0.05) is 13.8 Å². The van der Waals surface area contributed by atoms with Crippen molar-refractivity contribution in [3.63, 3.8) is 0 Å². The molecule has 8 nitrogen and oxygen atoms in total. The second-order valence-corrected chi connectivity index (χ2v) is 8.17. The van der Waals surface area contributed by atoms with Crippen LogP contribution in [0.3, 0.4) is 0 Å². The van der Waals surface area contributed by atoms with Gasteiger partial charge in [0.25, 0.3) is 17.4 Å². The third kappa shape index (κ3) is 3.79. The molecule has 152 valence electrons. The Kier molecular flexibility index (Phi) is 5.17. The summed E-state index contributed by atoms with van der Waals surface area (Å²) in [6.07, 6.45) is 6.28. The summed E-state index contributed by atoms with van der Waals surface area (Å²) in [5, 5.41) is 0. The maximum Gasteiger partial charge on any atom is 0.274 e. The van der Waals surface area contributed by atoms with Gasteiger partial charge in [-0.15, -0.1) is 0 Å². The van der Waals surface area contributed by atoms with Gasteiger partial charge in [0.15, 0.2) is 0 Å². The molecule has 0 aliphatic carbocycles. The number of H-pyrrole nitrogens is 1. The maximum atomic E-state index is 13.2. The van der Waals surface area contributed by atoms with Gasteiger partial charge in [-0.25, -0.2) is 4.98 Å². The molecule has 0 unspecified atom stereocenters. The highest BCUT2D eigenvalue weighted by Gasteiger charge is 2.39. The van der Waals surface area contributed by atoms with E-state index in [1.165, 1.54) is 18.6 Å². The standard InChI is InChI=1S/C21H25N5O3/c1-13(2)17-6-5-16(19(27)24-17)20(28)26-11-14-3-4-15(26)12-25(10-14)21(29)18-9-22-7-8-23-18/h5-9,13-15H,3-4,10-12H2,1-2H3,(H,24,27)/t14-,15+/m0/s1. The Labute approximate surface area is 169 Å². The average Bonchev–Trinajstić information content (AvgIpc) is 3.05. The summed E-state index contributed by atoms with van der Waals surface area (Å²) in [5.74, 6) is -0.0532. The number of fused-ring (bicyclic) bond motifs is 4. The molecule has 3 aliphatic heterocycles. The summed E-state index contributed by atoms with van der Waals surface area (Å²) >= 11 is 0. The molecule has 0 aromatic carbocycles. The van der Waals surface area contributed by atoms with Gasteiger partial charge >= 0.3 is 0 Å². The lowest BCUT2D eigenvalue weighted by atomic mass is 9.94. The predicted molar refractivity (Wildman–Crippen MR) is 107 cm³/mol. The van der Waals surface area contributed by atoms with Gasteiger partial charge in [0.2, 0.25) is 0 Å². The van der Waals surface area contributed by atoms with E-state index in [9.17, 15) is 14.4 Å². The number of nitrogens with zero attached hydrogens (tertiary/aromatic N) is 4. The smallest absolute Gasteiger partial charge is 0.274 e. The van der Waals surface area contributed by atoms with Gasteiger partial charge in [-0.05, 0) is 36.8 Å². The molecule has 2 amide bonds. The summed E-state index contributed by atoms with van der Waals surface area (Å²) in [7, 11) is 0. The summed E-state index contributed by atoms with van der Waals surface area (Å²) in [4.78, 5) is 53.0. The molecule has 0 saturated carbocycles. The van der Waals surface area contributed by atoms with E-state index >= 15 is 0 Å². The van der Waals surface area contributed by atoms with Crippen molar-refractivity contribution in [2.45, 2.75) is 38.6 Å². The van der Waals surface area contributed by atoms with E-state index in [0.29, 0.717) is 25.3 Å². The van der Waals surface area contributed by atoms with E-state index in [-0.39, 0.29) is 40.8 Å². The van der Waals surface area contributed by atoms with Crippen LogP contribution in [0.4, 0.5) is 0 Å². The molecule has 2 bridgehead atoms. The number of aromatic amines is 1. The van der Waals surface area contributed by atoms with Crippen molar-refractivity contribution >= 4 is 11.8 Å². The molecule has 8 heteroatoms. The van der Waals surface area contributed by atoms with Crippen molar-refractivity contribution < 1.29 is 9.59 Å². The fraction of sp³-hybridized carbons (Fsp3) is 0.476. The van der Waals surface area contributed by atoms with Crippen molar-refractivity contribution in [3.05, 3.63) is 58.0 Å². The molecule has 0 spiro atoms. The molecule has 1 N–H and O–H groups in total. The van der Waals surface area contributed by atoms with Gasteiger partial charge in [0.1, 0.15) is 11.3 Å². The highest BCUT2D eigenvalue weighted by atomic mass is 16.2. The van der Waals surface area contributed by atoms with Crippen molar-refractivity contribution in [1.82, 2.24) is 24.8 Å². The van der Waals surface area contributed by atoms with Crippen LogP contribution < -0.4 is 5.56 Å². The third-order valence-electron chi connectivity index (χ3n) is 5.83. The highest BCUT2D eigenvalue weighted by Crippen LogP contribution is 2.29. The Morgan fingerprint density at radius 1 is 1.10 bits per heavy atom. The first-order chi connectivity index (χ1) is 13.9. The third-order valence-corrected chi connectivity index (χ3v) is 5.83. The molecule has 2 aromatic rings. The largest absolute Gasteiger partial charge is 0.335 e. The summed E-state index contributed by atoms with van der Waals surface area (Å²) in [6, 6.07) is 3.32. The lowest BCUT2D eigenvalue weighted by molar-refractivity contribution is 0.0572. The molecule has 3 saturated heterocycles. The zero-order valence-corrected chi connectivity index (χ0v) is 16.7. The minimum absolute atomic E-state index is 0.106. The summed E-state index contributed by atoms with van der Waals surface area (Å²) < 4.78 is 0. The van der Waals surface area contributed by atoms with Crippen molar-refractivity contribution in [2.24, 2.45) is 5.92 Å². The first-order valence-electron chi connectivity index (χ1n) is 10.0. The lowest BCUT2D eigenvalue weighted by Crippen LogP contribution is -2.49. The first kappa shape index (κ1) is 19.3. The van der Waals surface area contributed by atoms with E-state index < -0.39 is 0 Å². The number of hydrogen-bond acceptors (Lipinski definition) is 5. The average molecular weight is 395 g/mol. The van der Waals surface area contributed by atoms with Crippen LogP contribution in [0.1, 0.15) is 59.1 Å². The summed E-state index contributed by atoms with van der Waals surface area (Å²) in [5.41, 5.74) is 0.930. The highest BCUT2D eigenvalue weighted by molar-refractivity contribution is 5.95. The first-order valence-corrected chi connectivity index (χ1v) is 10.0. The van der Waals surface area contributed by atoms with Crippen LogP contribution in [0, 0.1) is 5.92 Å². The number of piperidine rings is 1. The predicted octanol–water partition coefficient (Wildman–Crippen LogP) is 1.67. The van der Waals surface area contributed by atoms with Crippen LogP contribution in [0.15, 0.2) is 35.5 Å². The van der Waals surface area contributed by atoms with Crippen molar-refractivity contribution in [2.75, 3.05) is 19.6 Å². The zero-order valence-electron chi connectivity index (χ0n) is 16.7. The molecule has 3 fully saturated rings. The molecule has 2 atom stereocenters. The van der Waals surface area contributed by atoms with Crippen molar-refractivity contribution in [3.8, 4) is 0 Å². The molecule has 3 aliphatic rings. The van der Waals surface area contributed by atoms with Gasteiger partial charge in [-0.2, -0.15) is 0 Å². The molecule has 2 aromatic heterocycles. The van der Waals surface area contributed by atoms with Crippen LogP contribution in [-0.2, 0) is 0 Å². The number of aromatic nitrogens is 3. The second kappa shape index (κ2) is 7.77. The number of nitrogens with one attached hydrogen (secondary N) is 1. The van der Waals surface area contributed by atoms with Gasteiger partial charge in [-0.3, -0.25) is 19.4 Å². The Bertz CT molecular complexity index is 972. The lowest BCUT2D eigenvalue weighted by Gasteiger charge is -2.36. The summed E-state index contributed by atoms with van der Waals surface area (Å²) in [6.45, 7) is 5.56. The fourth-order valence-corrected chi connectivity index (χ4v) is 4.22. The SMILES string of the molecule is CC(C)c1ccc(C(=O)N2C[C@H]3CC[C@@H]2CN(C(=O)c2cnccn2)C3)c(=O)[nH]1. The van der Waals surface area contributed by atoms with Crippen LogP contribution in [0.5, 0.6) is 0 Å². The molecule has 5 heterocycles. The van der Waals surface area contributed by atoms with E-state index in [4.69, 9.17) is 0 Å². The number of hydrogen-bond donors (Lipinski definition) is 1. The topological polar surface area (TPSA) is 99.3 Å². The molecule has 5 rings (SSSR count). The van der Waals surface area contributed by atoms with Gasteiger partial charge < -0.3 is 14.8 Å². The maximum absolute atomic E-state index is 13.2. The van der Waals surface area contributed by atoms with E-state index in [2.05, 4.69) is 15.0 Å². The molecule has 29 heavy (non-hydrogen) atoms. The molecular weight excluding hydrogens is 370 g/mol. The number of amides is 2. The second-order valence-electron chi connectivity index (χ2n) is 8.17. The number of pyridine rings is 1. The zero-order chi connectivity index (χ0) is 20.5. The Hall–Kier alpha value is -3.03. The monoisotopic (exact) mass is 395 g/mol. The molecular formula is C21H25N5O3. The quantitative estimate of drug-likeness (QED) is 0.852. The van der Waals surface area contributed by atoms with Crippen LogP contribution in [-0.4, -0.2) is 62.2 Å². The Morgan fingerprint density at radius 2 is 1.93 bits per heavy atom. The minimum atomic E-state index is -0.353. The Morgan fingerprint density at radius 3 is 2.62 bits per heavy atom. The van der Waals surface area contributed by atoms with Gasteiger partial charge in [0.05, 0.1) is 6.20 Å². The number of carbonyl (C=O) groups excluding carboxylic acids is 2. The van der Waals surface area contributed by atoms with Crippen LogP contribution in [0.2, 0.25) is 0 Å². The number of rotatable bonds is 3. The Balaban J connectivity index is 1.56. The number of carbonyl (C=O) groups is 2. The van der Waals surface area contributed by atoms with Crippen LogP contribution in [0.25, 0.3) is 0 Å². The van der Waals surface area contributed by atoms with Crippen LogP contribution >= 0.6 is 0 Å². The van der Waals surface area contributed by atoms with E-state index in [1.54, 1.807) is 21.9 Å². The van der Waals surface area contributed by atoms with E-state index in [0.717, 1.165) is 18.5 Å². The minimum Gasteiger partial charge on any atom is -0.335 e. The fourth-order valence-electron chi connectivity index (χ4n) is 4.22. The van der Waals surface area contributed by atoms with E-state index in [1.807, 2.05) is 13.8 Å². The molecule has 0 radical (unpaired) electrons. The van der Waals surface area contributed by atoms with Crippen molar-refractivity contribution in [1.29, 1.82) is 0 Å². The van der Waals surface area contributed by atoms with Gasteiger partial charge in [0, 0.05) is 43.8 Å². The normalized spacial score (nSPS) is 21.3.